The monoisotopic (exact) mass is 910 g/mol. The Morgan fingerprint density at radius 2 is 1.34 bits per heavy atom. The Balaban J connectivity index is 1.07. The number of benzene rings is 4. The molecule has 22 nitrogen and oxygen atoms in total. The van der Waals surface area contributed by atoms with E-state index in [0.29, 0.717) is 39.3 Å². The second kappa shape index (κ2) is 18.9. The minimum atomic E-state index is -1.80. The molecule has 0 spiro atoms. The van der Waals surface area contributed by atoms with Gasteiger partial charge in [-0.2, -0.15) is 10.5 Å². The number of aromatic nitrogens is 10. The van der Waals surface area contributed by atoms with Crippen LogP contribution in [0.25, 0.3) is 44.6 Å². The van der Waals surface area contributed by atoms with Gasteiger partial charge in [-0.3, -0.25) is 24.0 Å². The van der Waals surface area contributed by atoms with E-state index in [-0.39, 0.29) is 74.3 Å². The lowest BCUT2D eigenvalue weighted by atomic mass is 9.93. The van der Waals surface area contributed by atoms with Crippen molar-refractivity contribution in [3.63, 3.8) is 0 Å². The van der Waals surface area contributed by atoms with Crippen molar-refractivity contribution in [3.8, 4) is 34.9 Å². The van der Waals surface area contributed by atoms with Crippen molar-refractivity contribution in [3.05, 3.63) is 107 Å². The van der Waals surface area contributed by atoms with E-state index in [0.717, 1.165) is 39.2 Å². The fraction of sp³-hybridized carbons (Fsp3) is 0.196. The fourth-order valence-electron chi connectivity index (χ4n) is 8.49. The van der Waals surface area contributed by atoms with Gasteiger partial charge >= 0.3 is 5.97 Å². The summed E-state index contributed by atoms with van der Waals surface area (Å²) in [7, 11) is 1.11. The SMILES string of the molecule is COC(=O)C(C(=O)Nc1cccc2cc(C(=O)Nc3ccc(C#N)cc3-c3nnn[nH]3)[nH]c12)c1c(C(=O)Nc2ccc(C#N)cc2-c2nnn[nH]2)[nH]c2c(NC(=O)CCC3CCCC3)cccc12. The quantitative estimate of drug-likeness (QED) is 0.0454. The number of rotatable bonds is 14. The molecular weight excluding hydrogens is 873 g/mol. The van der Waals surface area contributed by atoms with E-state index in [4.69, 9.17) is 4.74 Å². The Bertz CT molecular complexity index is 3340. The molecule has 338 valence electrons. The molecule has 0 aliphatic heterocycles. The zero-order valence-electron chi connectivity index (χ0n) is 35.9. The van der Waals surface area contributed by atoms with Gasteiger partial charge in [0.15, 0.2) is 17.6 Å². The lowest BCUT2D eigenvalue weighted by Gasteiger charge is -2.17. The van der Waals surface area contributed by atoms with Gasteiger partial charge < -0.3 is 36.0 Å². The first-order valence-corrected chi connectivity index (χ1v) is 21.3. The van der Waals surface area contributed by atoms with Gasteiger partial charge in [-0.05, 0) is 87.8 Å². The summed E-state index contributed by atoms with van der Waals surface area (Å²) in [5, 5.41) is 58.8. The molecule has 68 heavy (non-hydrogen) atoms. The van der Waals surface area contributed by atoms with Gasteiger partial charge in [-0.15, -0.1) is 10.2 Å². The van der Waals surface area contributed by atoms with Gasteiger partial charge in [0.2, 0.25) is 11.8 Å². The number of aromatic amines is 4. The zero-order valence-corrected chi connectivity index (χ0v) is 35.9. The second-order valence-corrected chi connectivity index (χ2v) is 15.9. The molecule has 1 aliphatic rings. The molecule has 1 fully saturated rings. The van der Waals surface area contributed by atoms with Crippen molar-refractivity contribution in [1.82, 2.24) is 51.2 Å². The largest absolute Gasteiger partial charge is 0.468 e. The van der Waals surface area contributed by atoms with Crippen molar-refractivity contribution in [2.75, 3.05) is 28.4 Å². The highest BCUT2D eigenvalue weighted by molar-refractivity contribution is 6.19. The van der Waals surface area contributed by atoms with Crippen molar-refractivity contribution < 1.29 is 28.7 Å². The fourth-order valence-corrected chi connectivity index (χ4v) is 8.49. The summed E-state index contributed by atoms with van der Waals surface area (Å²) >= 11 is 0. The van der Waals surface area contributed by atoms with Crippen LogP contribution in [0, 0.1) is 28.6 Å². The number of carbonyl (C=O) groups is 5. The van der Waals surface area contributed by atoms with Gasteiger partial charge in [0.1, 0.15) is 11.4 Å². The number of methoxy groups -OCH3 is 1. The number of hydrogen-bond donors (Lipinski definition) is 8. The average molecular weight is 911 g/mol. The lowest BCUT2D eigenvalue weighted by molar-refractivity contribution is -0.145. The number of nitrogens with zero attached hydrogens (tertiary/aromatic N) is 8. The summed E-state index contributed by atoms with van der Waals surface area (Å²) in [4.78, 5) is 76.7. The van der Waals surface area contributed by atoms with Gasteiger partial charge in [0, 0.05) is 33.9 Å². The highest BCUT2D eigenvalue weighted by Crippen LogP contribution is 2.38. The van der Waals surface area contributed by atoms with Crippen LogP contribution in [0.1, 0.15) is 82.1 Å². The maximum atomic E-state index is 14.8. The molecule has 0 radical (unpaired) electrons. The van der Waals surface area contributed by atoms with Crippen molar-refractivity contribution in [2.45, 2.75) is 44.4 Å². The van der Waals surface area contributed by atoms with Crippen molar-refractivity contribution >= 4 is 74.2 Å². The summed E-state index contributed by atoms with van der Waals surface area (Å²) < 4.78 is 5.23. The van der Waals surface area contributed by atoms with Crippen LogP contribution in [0.5, 0.6) is 0 Å². The number of carbonyl (C=O) groups excluding carboxylic acids is 5. The highest BCUT2D eigenvalue weighted by Gasteiger charge is 2.37. The maximum absolute atomic E-state index is 14.8. The summed E-state index contributed by atoms with van der Waals surface area (Å²) in [6, 6.07) is 24.5. The lowest BCUT2D eigenvalue weighted by Crippen LogP contribution is -2.30. The molecule has 4 aromatic heterocycles. The number of tetrazole rings is 2. The summed E-state index contributed by atoms with van der Waals surface area (Å²) in [5.74, 6) is -4.51. The predicted molar refractivity (Wildman–Crippen MR) is 244 cm³/mol. The van der Waals surface area contributed by atoms with E-state index in [1.807, 2.05) is 12.1 Å². The van der Waals surface area contributed by atoms with Gasteiger partial charge in [-0.25, -0.2) is 10.2 Å². The summed E-state index contributed by atoms with van der Waals surface area (Å²) in [6.07, 6.45) is 5.43. The molecule has 22 heteroatoms. The molecule has 8 N–H and O–H groups in total. The number of ether oxygens (including phenoxy) is 1. The molecule has 0 saturated heterocycles. The van der Waals surface area contributed by atoms with Crippen LogP contribution in [0.15, 0.2) is 78.9 Å². The molecule has 1 unspecified atom stereocenters. The standard InChI is InChI=1S/C46H38N16O6/c1-68-46(67)37(44(65)53-32-10-4-8-26-20-34(50-38(26)32)43(64)51-30-15-12-24(21-47)18-28(30)41-55-59-60-56-41)36-27-9-5-11-33(49-35(63)17-14-23-6-2-3-7-23)39(27)54-40(36)45(66)52-31-16-13-25(22-48)19-29(31)42-57-61-62-58-42/h4-5,8-13,15-16,18-20,23,37,50,54H,2-3,6-7,14,17H2,1H3,(H,49,63)(H,51,64)(H,52,66)(H,53,65)(H,55,56,59,60)(H,57,58,61,62). The first kappa shape index (κ1) is 43.7. The first-order chi connectivity index (χ1) is 33.1. The van der Waals surface area contributed by atoms with Crippen molar-refractivity contribution in [1.29, 1.82) is 10.5 Å². The van der Waals surface area contributed by atoms with E-state index < -0.39 is 29.6 Å². The number of amides is 4. The first-order valence-electron chi connectivity index (χ1n) is 21.3. The molecule has 1 aliphatic carbocycles. The van der Waals surface area contributed by atoms with Crippen LogP contribution < -0.4 is 21.3 Å². The average Bonchev–Trinajstić information content (AvgIpc) is 4.22. The summed E-state index contributed by atoms with van der Waals surface area (Å²) in [5.41, 5.74) is 2.55. The topological polar surface area (TPSA) is 331 Å². The van der Waals surface area contributed by atoms with E-state index in [9.17, 15) is 34.5 Å². The van der Waals surface area contributed by atoms with Crippen LogP contribution in [-0.2, 0) is 19.1 Å². The number of para-hydroxylation sites is 2. The van der Waals surface area contributed by atoms with E-state index in [1.54, 1.807) is 48.5 Å². The minimum Gasteiger partial charge on any atom is -0.468 e. The third-order valence-electron chi connectivity index (χ3n) is 11.8. The maximum Gasteiger partial charge on any atom is 0.322 e. The molecule has 9 rings (SSSR count). The predicted octanol–water partition coefficient (Wildman–Crippen LogP) is 6.06. The smallest absolute Gasteiger partial charge is 0.322 e. The Labute approximate surface area is 384 Å². The van der Waals surface area contributed by atoms with Crippen molar-refractivity contribution in [2.24, 2.45) is 5.92 Å². The van der Waals surface area contributed by atoms with Crippen LogP contribution in [0.2, 0.25) is 0 Å². The Hall–Kier alpha value is -9.57. The molecule has 0 bridgehead atoms. The van der Waals surface area contributed by atoms with Crippen LogP contribution in [0.3, 0.4) is 0 Å². The third kappa shape index (κ3) is 8.79. The normalized spacial score (nSPS) is 12.8. The molecule has 1 saturated carbocycles. The van der Waals surface area contributed by atoms with Crippen LogP contribution in [-0.4, -0.2) is 87.9 Å². The van der Waals surface area contributed by atoms with Gasteiger partial charge in [-0.1, -0.05) is 49.9 Å². The molecule has 1 atom stereocenters. The summed E-state index contributed by atoms with van der Waals surface area (Å²) in [6.45, 7) is 0. The Morgan fingerprint density at radius 1 is 0.721 bits per heavy atom. The van der Waals surface area contributed by atoms with Crippen LogP contribution in [0.4, 0.5) is 22.7 Å². The third-order valence-corrected chi connectivity index (χ3v) is 11.8. The minimum absolute atomic E-state index is 0.0701. The number of hydrogen-bond acceptors (Lipinski definition) is 14. The number of anilines is 4. The molecule has 4 heterocycles. The van der Waals surface area contributed by atoms with E-state index in [2.05, 4.69) is 72.5 Å². The number of nitriles is 2. The van der Waals surface area contributed by atoms with E-state index in [1.165, 1.54) is 30.3 Å². The highest BCUT2D eigenvalue weighted by atomic mass is 16.5. The van der Waals surface area contributed by atoms with Gasteiger partial charge in [0.05, 0.1) is 64.2 Å². The second-order valence-electron chi connectivity index (χ2n) is 15.9. The molecular formula is C46H38N16O6. The Morgan fingerprint density at radius 3 is 1.94 bits per heavy atom. The number of esters is 1. The number of fused-ring (bicyclic) bond motifs is 2. The molecule has 4 amide bonds. The Kier molecular flexibility index (Phi) is 12.1. The number of H-pyrrole nitrogens is 4. The van der Waals surface area contributed by atoms with Gasteiger partial charge in [0.25, 0.3) is 11.8 Å². The zero-order chi connectivity index (χ0) is 47.3. The number of nitrogens with one attached hydrogen (secondary N) is 8. The van der Waals surface area contributed by atoms with Crippen LogP contribution >= 0.6 is 0 Å². The molecule has 4 aromatic carbocycles. The molecule has 8 aromatic rings. The van der Waals surface area contributed by atoms with E-state index >= 15 is 0 Å².